The van der Waals surface area contributed by atoms with Crippen LogP contribution < -0.4 is 11.2 Å². The van der Waals surface area contributed by atoms with E-state index in [1.165, 1.54) is 4.90 Å². The molecule has 0 aliphatic heterocycles. The summed E-state index contributed by atoms with van der Waals surface area (Å²) in [6.07, 6.45) is 5.05. The number of nitrogen functional groups attached to an aromatic ring is 1. The Labute approximate surface area is 139 Å². The number of aromatic nitrogens is 2. The van der Waals surface area contributed by atoms with Crippen molar-refractivity contribution in [3.8, 4) is 0 Å². The molecule has 1 amide bonds. The average molecular weight is 322 g/mol. The third kappa shape index (κ3) is 2.74. The van der Waals surface area contributed by atoms with Crippen LogP contribution in [0, 0.1) is 0 Å². The number of pyridine rings is 2. The Bertz CT molecular complexity index is 962. The SMILES string of the molecule is CN(C)C(=O)c1cn(Cc2cccnc2)c2cccc(N)c2c1=O. The Balaban J connectivity index is 2.28. The second kappa shape index (κ2) is 6.16. The summed E-state index contributed by atoms with van der Waals surface area (Å²) in [6, 6.07) is 9.08. The first-order valence-corrected chi connectivity index (χ1v) is 7.51. The predicted molar refractivity (Wildman–Crippen MR) is 94.0 cm³/mol. The van der Waals surface area contributed by atoms with Gasteiger partial charge < -0.3 is 15.2 Å². The van der Waals surface area contributed by atoms with Crippen LogP contribution in [-0.2, 0) is 6.54 Å². The van der Waals surface area contributed by atoms with Gasteiger partial charge in [0.1, 0.15) is 5.56 Å². The number of carbonyl (C=O) groups excluding carboxylic acids is 1. The predicted octanol–water partition coefficient (Wildman–Crippen LogP) is 1.73. The number of hydrogen-bond acceptors (Lipinski definition) is 4. The highest BCUT2D eigenvalue weighted by atomic mass is 16.2. The lowest BCUT2D eigenvalue weighted by Crippen LogP contribution is -2.29. The summed E-state index contributed by atoms with van der Waals surface area (Å²) in [5, 5.41) is 0.370. The smallest absolute Gasteiger partial charge is 0.258 e. The Morgan fingerprint density at radius 3 is 2.71 bits per heavy atom. The number of amides is 1. The molecular formula is C18H18N4O2. The van der Waals surface area contributed by atoms with Gasteiger partial charge in [0.25, 0.3) is 5.91 Å². The number of anilines is 1. The normalized spacial score (nSPS) is 10.8. The van der Waals surface area contributed by atoms with E-state index in [-0.39, 0.29) is 16.9 Å². The number of hydrogen-bond donors (Lipinski definition) is 1. The molecule has 0 aliphatic rings. The molecular weight excluding hydrogens is 304 g/mol. The van der Waals surface area contributed by atoms with Gasteiger partial charge in [-0.2, -0.15) is 0 Å². The van der Waals surface area contributed by atoms with Gasteiger partial charge in [0, 0.05) is 44.9 Å². The van der Waals surface area contributed by atoms with Crippen molar-refractivity contribution in [2.45, 2.75) is 6.54 Å². The van der Waals surface area contributed by atoms with Crippen LogP contribution in [0.25, 0.3) is 10.9 Å². The van der Waals surface area contributed by atoms with Gasteiger partial charge in [-0.05, 0) is 23.8 Å². The van der Waals surface area contributed by atoms with Crippen LogP contribution in [0.2, 0.25) is 0 Å². The van der Waals surface area contributed by atoms with Crippen LogP contribution in [-0.4, -0.2) is 34.5 Å². The standard InChI is InChI=1S/C18H18N4O2/c1-21(2)18(24)13-11-22(10-12-5-4-8-20-9-12)15-7-3-6-14(19)16(15)17(13)23/h3-9,11H,10,19H2,1-2H3. The molecule has 0 atom stereocenters. The summed E-state index contributed by atoms with van der Waals surface area (Å²) in [4.78, 5) is 30.6. The van der Waals surface area contributed by atoms with E-state index in [0.717, 1.165) is 5.56 Å². The van der Waals surface area contributed by atoms with Crippen LogP contribution in [0.5, 0.6) is 0 Å². The first-order valence-electron chi connectivity index (χ1n) is 7.51. The van der Waals surface area contributed by atoms with Gasteiger partial charge in [-0.15, -0.1) is 0 Å². The molecule has 3 rings (SSSR count). The molecule has 1 aromatic carbocycles. The monoisotopic (exact) mass is 322 g/mol. The Hall–Kier alpha value is -3.15. The summed E-state index contributed by atoms with van der Waals surface area (Å²) in [7, 11) is 3.23. The number of fused-ring (bicyclic) bond motifs is 1. The minimum absolute atomic E-state index is 0.106. The molecule has 2 aromatic heterocycles. The number of rotatable bonds is 3. The molecule has 0 saturated heterocycles. The zero-order valence-electron chi connectivity index (χ0n) is 13.6. The molecule has 0 aliphatic carbocycles. The summed E-state index contributed by atoms with van der Waals surface area (Å²) in [5.41, 5.74) is 7.80. The van der Waals surface area contributed by atoms with Crippen molar-refractivity contribution in [2.24, 2.45) is 0 Å². The van der Waals surface area contributed by atoms with Gasteiger partial charge in [0.05, 0.1) is 10.9 Å². The van der Waals surface area contributed by atoms with Crippen LogP contribution in [0.4, 0.5) is 5.69 Å². The molecule has 2 heterocycles. The van der Waals surface area contributed by atoms with Crippen molar-refractivity contribution in [1.82, 2.24) is 14.5 Å². The first kappa shape index (κ1) is 15.7. The van der Waals surface area contributed by atoms with Gasteiger partial charge in [0.2, 0.25) is 5.43 Å². The highest BCUT2D eigenvalue weighted by molar-refractivity contribution is 5.99. The van der Waals surface area contributed by atoms with E-state index in [4.69, 9.17) is 5.73 Å². The van der Waals surface area contributed by atoms with Crippen molar-refractivity contribution in [3.05, 3.63) is 70.3 Å². The molecule has 0 unspecified atom stereocenters. The first-order chi connectivity index (χ1) is 11.5. The van der Waals surface area contributed by atoms with E-state index in [2.05, 4.69) is 4.98 Å². The number of carbonyl (C=O) groups is 1. The second-order valence-electron chi connectivity index (χ2n) is 5.80. The molecule has 6 heteroatoms. The zero-order chi connectivity index (χ0) is 17.3. The number of benzene rings is 1. The van der Waals surface area contributed by atoms with Crippen molar-refractivity contribution < 1.29 is 4.79 Å². The fraction of sp³-hybridized carbons (Fsp3) is 0.167. The molecule has 24 heavy (non-hydrogen) atoms. The van der Waals surface area contributed by atoms with Crippen molar-refractivity contribution in [1.29, 1.82) is 0 Å². The molecule has 0 bridgehead atoms. The maximum atomic E-state index is 12.7. The minimum atomic E-state index is -0.343. The lowest BCUT2D eigenvalue weighted by Gasteiger charge is -2.16. The average Bonchev–Trinajstić information content (AvgIpc) is 2.57. The number of nitrogens with two attached hydrogens (primary N) is 1. The highest BCUT2D eigenvalue weighted by Gasteiger charge is 2.18. The maximum Gasteiger partial charge on any atom is 0.258 e. The summed E-state index contributed by atoms with van der Waals surface area (Å²) < 4.78 is 1.86. The quantitative estimate of drug-likeness (QED) is 0.745. The maximum absolute atomic E-state index is 12.7. The van der Waals surface area contributed by atoms with Crippen LogP contribution in [0.3, 0.4) is 0 Å². The summed E-state index contributed by atoms with van der Waals surface area (Å²) >= 11 is 0. The topological polar surface area (TPSA) is 81.2 Å². The summed E-state index contributed by atoms with van der Waals surface area (Å²) in [5.74, 6) is -0.343. The molecule has 2 N–H and O–H groups in total. The van der Waals surface area contributed by atoms with E-state index in [1.54, 1.807) is 44.8 Å². The third-order valence-corrected chi connectivity index (χ3v) is 3.85. The Morgan fingerprint density at radius 1 is 1.25 bits per heavy atom. The van der Waals surface area contributed by atoms with Crippen LogP contribution in [0.15, 0.2) is 53.7 Å². The molecule has 122 valence electrons. The molecule has 6 nitrogen and oxygen atoms in total. The molecule has 0 saturated carbocycles. The fourth-order valence-corrected chi connectivity index (χ4v) is 2.68. The van der Waals surface area contributed by atoms with Gasteiger partial charge in [0.15, 0.2) is 0 Å². The molecule has 3 aromatic rings. The van der Waals surface area contributed by atoms with E-state index < -0.39 is 0 Å². The van der Waals surface area contributed by atoms with E-state index >= 15 is 0 Å². The van der Waals surface area contributed by atoms with Crippen molar-refractivity contribution in [3.63, 3.8) is 0 Å². The molecule has 0 radical (unpaired) electrons. The zero-order valence-corrected chi connectivity index (χ0v) is 13.6. The molecule has 0 spiro atoms. The van der Waals surface area contributed by atoms with Gasteiger partial charge in [-0.1, -0.05) is 12.1 Å². The van der Waals surface area contributed by atoms with Gasteiger partial charge >= 0.3 is 0 Å². The molecule has 0 fully saturated rings. The van der Waals surface area contributed by atoms with Crippen molar-refractivity contribution >= 4 is 22.5 Å². The number of nitrogens with zero attached hydrogens (tertiary/aromatic N) is 3. The Kier molecular flexibility index (Phi) is 4.04. The fourth-order valence-electron chi connectivity index (χ4n) is 2.68. The van der Waals surface area contributed by atoms with Crippen molar-refractivity contribution in [2.75, 3.05) is 19.8 Å². The van der Waals surface area contributed by atoms with E-state index in [9.17, 15) is 9.59 Å². The van der Waals surface area contributed by atoms with Gasteiger partial charge in [-0.3, -0.25) is 14.6 Å². The van der Waals surface area contributed by atoms with Crippen LogP contribution in [0.1, 0.15) is 15.9 Å². The van der Waals surface area contributed by atoms with E-state index in [1.807, 2.05) is 22.8 Å². The van der Waals surface area contributed by atoms with E-state index in [0.29, 0.717) is 23.1 Å². The highest BCUT2D eigenvalue weighted by Crippen LogP contribution is 2.20. The Morgan fingerprint density at radius 2 is 2.04 bits per heavy atom. The van der Waals surface area contributed by atoms with Gasteiger partial charge in [-0.25, -0.2) is 0 Å². The largest absolute Gasteiger partial charge is 0.398 e. The lowest BCUT2D eigenvalue weighted by molar-refractivity contribution is 0.0826. The minimum Gasteiger partial charge on any atom is -0.398 e. The lowest BCUT2D eigenvalue weighted by atomic mass is 10.1. The third-order valence-electron chi connectivity index (χ3n) is 3.85. The second-order valence-corrected chi connectivity index (χ2v) is 5.80. The van der Waals surface area contributed by atoms with Crippen LogP contribution >= 0.6 is 0 Å². The summed E-state index contributed by atoms with van der Waals surface area (Å²) in [6.45, 7) is 0.488.